The molecule has 3 nitrogen and oxygen atoms in total. The SMILES string of the molecule is C#CC(=O)OC/C=C/C(C)=O. The van der Waals surface area contributed by atoms with Crippen LogP contribution in [0.4, 0.5) is 0 Å². The molecule has 11 heavy (non-hydrogen) atoms. The van der Waals surface area contributed by atoms with Crippen molar-refractivity contribution in [3.05, 3.63) is 12.2 Å². The summed E-state index contributed by atoms with van der Waals surface area (Å²) in [5.41, 5.74) is 0. The van der Waals surface area contributed by atoms with Gasteiger partial charge in [-0.05, 0) is 19.1 Å². The van der Waals surface area contributed by atoms with Crippen molar-refractivity contribution in [1.29, 1.82) is 0 Å². The molecule has 0 aliphatic rings. The zero-order valence-corrected chi connectivity index (χ0v) is 6.16. The van der Waals surface area contributed by atoms with Crippen LogP contribution < -0.4 is 0 Å². The van der Waals surface area contributed by atoms with Gasteiger partial charge in [0, 0.05) is 5.92 Å². The van der Waals surface area contributed by atoms with Crippen LogP contribution in [0.25, 0.3) is 0 Å². The molecule has 3 heteroatoms. The van der Waals surface area contributed by atoms with E-state index in [9.17, 15) is 9.59 Å². The van der Waals surface area contributed by atoms with Gasteiger partial charge in [-0.25, -0.2) is 4.79 Å². The van der Waals surface area contributed by atoms with Gasteiger partial charge in [-0.2, -0.15) is 0 Å². The predicted octanol–water partition coefficient (Wildman–Crippen LogP) is 0.308. The first-order valence-electron chi connectivity index (χ1n) is 2.97. The number of carbonyl (C=O) groups is 2. The number of ketones is 1. The van der Waals surface area contributed by atoms with Gasteiger partial charge < -0.3 is 4.74 Å². The zero-order valence-electron chi connectivity index (χ0n) is 6.16. The number of esters is 1. The van der Waals surface area contributed by atoms with E-state index in [0.717, 1.165) is 0 Å². The molecule has 0 atom stereocenters. The average Bonchev–Trinajstić information content (AvgIpc) is 1.97. The lowest BCUT2D eigenvalue weighted by Gasteiger charge is -1.91. The Hall–Kier alpha value is -1.56. The fraction of sp³-hybridized carbons (Fsp3) is 0.250. The summed E-state index contributed by atoms with van der Waals surface area (Å²) in [5, 5.41) is 0. The van der Waals surface area contributed by atoms with E-state index >= 15 is 0 Å². The Morgan fingerprint density at radius 2 is 2.27 bits per heavy atom. The normalized spacial score (nSPS) is 9.09. The molecule has 0 aromatic rings. The van der Waals surface area contributed by atoms with Crippen molar-refractivity contribution in [3.8, 4) is 12.3 Å². The van der Waals surface area contributed by atoms with Crippen LogP contribution >= 0.6 is 0 Å². The van der Waals surface area contributed by atoms with Crippen molar-refractivity contribution < 1.29 is 14.3 Å². The Balaban J connectivity index is 3.51. The first-order chi connectivity index (χ1) is 5.16. The van der Waals surface area contributed by atoms with E-state index in [2.05, 4.69) is 4.74 Å². The molecule has 0 aliphatic carbocycles. The minimum absolute atomic E-state index is 0.0443. The lowest BCUT2D eigenvalue weighted by molar-refractivity contribution is -0.135. The van der Waals surface area contributed by atoms with Gasteiger partial charge in [0.1, 0.15) is 6.61 Å². The third-order valence-corrected chi connectivity index (χ3v) is 0.781. The quantitative estimate of drug-likeness (QED) is 0.253. The highest BCUT2D eigenvalue weighted by atomic mass is 16.5. The summed E-state index contributed by atoms with van der Waals surface area (Å²) in [6, 6.07) is 0. The van der Waals surface area contributed by atoms with Gasteiger partial charge in [0.2, 0.25) is 0 Å². The average molecular weight is 152 g/mol. The molecule has 0 aromatic carbocycles. The molecule has 0 N–H and O–H groups in total. The molecule has 0 amide bonds. The van der Waals surface area contributed by atoms with Crippen LogP contribution in [0.15, 0.2) is 12.2 Å². The van der Waals surface area contributed by atoms with Crippen LogP contribution in [0.1, 0.15) is 6.92 Å². The van der Waals surface area contributed by atoms with Crippen molar-refractivity contribution >= 4 is 11.8 Å². The van der Waals surface area contributed by atoms with E-state index < -0.39 is 5.97 Å². The van der Waals surface area contributed by atoms with Gasteiger partial charge in [-0.3, -0.25) is 4.79 Å². The van der Waals surface area contributed by atoms with E-state index in [4.69, 9.17) is 6.42 Å². The second kappa shape index (κ2) is 5.24. The molecule has 0 bridgehead atoms. The Morgan fingerprint density at radius 1 is 1.64 bits per heavy atom. The summed E-state index contributed by atoms with van der Waals surface area (Å²) < 4.78 is 4.43. The Kier molecular flexibility index (Phi) is 4.50. The fourth-order valence-corrected chi connectivity index (χ4v) is 0.380. The number of allylic oxidation sites excluding steroid dienone is 1. The molecule has 0 rings (SSSR count). The lowest BCUT2D eigenvalue weighted by Crippen LogP contribution is -2.00. The number of hydrogen-bond donors (Lipinski definition) is 0. The summed E-state index contributed by atoms with van der Waals surface area (Å²) >= 11 is 0. The maximum atomic E-state index is 10.3. The van der Waals surface area contributed by atoms with Crippen molar-refractivity contribution in [1.82, 2.24) is 0 Å². The Morgan fingerprint density at radius 3 is 2.73 bits per heavy atom. The summed E-state index contributed by atoms with van der Waals surface area (Å²) in [5.74, 6) is 0.954. The van der Waals surface area contributed by atoms with Gasteiger partial charge in [-0.1, -0.05) is 0 Å². The first-order valence-corrected chi connectivity index (χ1v) is 2.97. The van der Waals surface area contributed by atoms with Crippen molar-refractivity contribution in [3.63, 3.8) is 0 Å². The zero-order chi connectivity index (χ0) is 8.69. The van der Waals surface area contributed by atoms with Crippen molar-refractivity contribution in [2.24, 2.45) is 0 Å². The molecule has 0 heterocycles. The molecule has 0 aliphatic heterocycles. The van der Waals surface area contributed by atoms with Gasteiger partial charge >= 0.3 is 5.97 Å². The third kappa shape index (κ3) is 6.32. The van der Waals surface area contributed by atoms with Crippen LogP contribution in [-0.4, -0.2) is 18.4 Å². The van der Waals surface area contributed by atoms with E-state index in [-0.39, 0.29) is 12.4 Å². The monoisotopic (exact) mass is 152 g/mol. The van der Waals surface area contributed by atoms with Crippen molar-refractivity contribution in [2.75, 3.05) is 6.61 Å². The molecule has 58 valence electrons. The molecule has 0 spiro atoms. The highest BCUT2D eigenvalue weighted by Crippen LogP contribution is 1.79. The number of hydrogen-bond acceptors (Lipinski definition) is 3. The van der Waals surface area contributed by atoms with Crippen LogP contribution in [0.2, 0.25) is 0 Å². The summed E-state index contributed by atoms with van der Waals surface area (Å²) in [4.78, 5) is 20.6. The Labute approximate surface area is 65.0 Å². The minimum Gasteiger partial charge on any atom is -0.452 e. The van der Waals surface area contributed by atoms with Crippen LogP contribution in [-0.2, 0) is 14.3 Å². The van der Waals surface area contributed by atoms with Gasteiger partial charge in [-0.15, -0.1) is 6.42 Å². The molecular formula is C8H8O3. The molecule has 0 radical (unpaired) electrons. The topological polar surface area (TPSA) is 43.4 Å². The van der Waals surface area contributed by atoms with Crippen LogP contribution in [0, 0.1) is 12.3 Å². The largest absolute Gasteiger partial charge is 0.452 e. The van der Waals surface area contributed by atoms with E-state index in [1.165, 1.54) is 19.1 Å². The first kappa shape index (κ1) is 9.44. The molecular weight excluding hydrogens is 144 g/mol. The van der Waals surface area contributed by atoms with Gasteiger partial charge in [0.15, 0.2) is 5.78 Å². The standard InChI is InChI=1S/C8H8O3/c1-3-8(10)11-6-4-5-7(2)9/h1,4-5H,6H2,2H3/b5-4+. The molecule has 0 saturated carbocycles. The minimum atomic E-state index is -0.724. The number of carbonyl (C=O) groups excluding carboxylic acids is 2. The summed E-state index contributed by atoms with van der Waals surface area (Å²) in [6.07, 6.45) is 7.44. The lowest BCUT2D eigenvalue weighted by atomic mass is 10.4. The maximum Gasteiger partial charge on any atom is 0.384 e. The number of rotatable bonds is 3. The number of ether oxygens (including phenoxy) is 1. The highest BCUT2D eigenvalue weighted by Gasteiger charge is 1.91. The molecule has 0 aromatic heterocycles. The van der Waals surface area contributed by atoms with Crippen molar-refractivity contribution in [2.45, 2.75) is 6.92 Å². The van der Waals surface area contributed by atoms with Crippen LogP contribution in [0.3, 0.4) is 0 Å². The second-order valence-electron chi connectivity index (χ2n) is 1.76. The Bertz CT molecular complexity index is 220. The van der Waals surface area contributed by atoms with E-state index in [0.29, 0.717) is 0 Å². The molecule has 0 fully saturated rings. The maximum absolute atomic E-state index is 10.3. The fourth-order valence-electron chi connectivity index (χ4n) is 0.380. The van der Waals surface area contributed by atoms with E-state index in [1.54, 1.807) is 5.92 Å². The highest BCUT2D eigenvalue weighted by molar-refractivity contribution is 5.88. The number of terminal acetylenes is 1. The van der Waals surface area contributed by atoms with Gasteiger partial charge in [0.25, 0.3) is 0 Å². The molecule has 0 unspecified atom stereocenters. The predicted molar refractivity (Wildman–Crippen MR) is 39.6 cm³/mol. The summed E-state index contributed by atoms with van der Waals surface area (Å²) in [7, 11) is 0. The third-order valence-electron chi connectivity index (χ3n) is 0.781. The smallest absolute Gasteiger partial charge is 0.384 e. The van der Waals surface area contributed by atoms with Crippen LogP contribution in [0.5, 0.6) is 0 Å². The summed E-state index contributed by atoms with van der Waals surface area (Å²) in [6.45, 7) is 1.45. The molecule has 0 saturated heterocycles. The van der Waals surface area contributed by atoms with E-state index in [1.807, 2.05) is 0 Å². The second-order valence-corrected chi connectivity index (χ2v) is 1.76. The van der Waals surface area contributed by atoms with Gasteiger partial charge in [0.05, 0.1) is 0 Å².